The van der Waals surface area contributed by atoms with Crippen molar-refractivity contribution in [2.75, 3.05) is 18.5 Å². The predicted octanol–water partition coefficient (Wildman–Crippen LogP) is 4.65. The van der Waals surface area contributed by atoms with Gasteiger partial charge >= 0.3 is 0 Å². The van der Waals surface area contributed by atoms with E-state index in [1.807, 2.05) is 37.4 Å². The summed E-state index contributed by atoms with van der Waals surface area (Å²) in [7, 11) is 0. The minimum Gasteiger partial charge on any atom is -0.486 e. The molecule has 1 saturated carbocycles. The number of benzene rings is 2. The van der Waals surface area contributed by atoms with Crippen LogP contribution < -0.4 is 14.8 Å². The van der Waals surface area contributed by atoms with Gasteiger partial charge in [-0.25, -0.2) is 0 Å². The molecule has 8 nitrogen and oxygen atoms in total. The quantitative estimate of drug-likeness (QED) is 0.406. The number of nitrogens with zero attached hydrogens (tertiary/aromatic N) is 3. The number of nitrogens with one attached hydrogen (secondary N) is 2. The van der Waals surface area contributed by atoms with E-state index in [0.29, 0.717) is 36.4 Å². The molecule has 9 heteroatoms. The fourth-order valence-corrected chi connectivity index (χ4v) is 4.96. The van der Waals surface area contributed by atoms with E-state index in [0.717, 1.165) is 40.3 Å². The fourth-order valence-electron chi connectivity index (χ4n) is 4.04. The number of hydrogen-bond donors (Lipinski definition) is 2. The Kier molecular flexibility index (Phi) is 4.98. The number of para-hydroxylation sites is 1. The van der Waals surface area contributed by atoms with Crippen LogP contribution in [0.4, 0.5) is 5.69 Å². The Labute approximate surface area is 194 Å². The van der Waals surface area contributed by atoms with Gasteiger partial charge in [0.1, 0.15) is 13.2 Å². The van der Waals surface area contributed by atoms with Crippen LogP contribution in [-0.4, -0.2) is 44.1 Å². The number of rotatable bonds is 6. The van der Waals surface area contributed by atoms with Gasteiger partial charge in [-0.3, -0.25) is 9.36 Å². The summed E-state index contributed by atoms with van der Waals surface area (Å²) in [6.45, 7) is 2.93. The minimum atomic E-state index is -0.351. The van der Waals surface area contributed by atoms with E-state index < -0.39 is 0 Å². The normalized spacial score (nSPS) is 16.0. The molecule has 0 spiro atoms. The van der Waals surface area contributed by atoms with Crippen LogP contribution in [0, 0.1) is 0 Å². The zero-order valence-electron chi connectivity index (χ0n) is 18.1. The molecule has 2 aromatic carbocycles. The monoisotopic (exact) mass is 461 g/mol. The zero-order valence-corrected chi connectivity index (χ0v) is 18.9. The van der Waals surface area contributed by atoms with Gasteiger partial charge in [-0.1, -0.05) is 30.0 Å². The third-order valence-corrected chi connectivity index (χ3v) is 6.92. The van der Waals surface area contributed by atoms with E-state index in [2.05, 4.69) is 37.2 Å². The number of fused-ring (bicyclic) bond motifs is 2. The molecule has 0 unspecified atom stereocenters. The molecule has 1 atom stereocenters. The number of hydrogen-bond acceptors (Lipinski definition) is 6. The summed E-state index contributed by atoms with van der Waals surface area (Å²) in [6, 6.07) is 14.0. The number of aromatic nitrogens is 4. The molecule has 4 aromatic rings. The first-order valence-electron chi connectivity index (χ1n) is 11.1. The molecule has 3 heterocycles. The summed E-state index contributed by atoms with van der Waals surface area (Å²) in [5.74, 6) is 2.09. The van der Waals surface area contributed by atoms with Gasteiger partial charge in [0.25, 0.3) is 0 Å². The Hall–Kier alpha value is -3.46. The lowest BCUT2D eigenvalue weighted by Crippen LogP contribution is -2.23. The van der Waals surface area contributed by atoms with Gasteiger partial charge in [-0.05, 0) is 38.0 Å². The summed E-state index contributed by atoms with van der Waals surface area (Å²) < 4.78 is 13.4. The minimum absolute atomic E-state index is 0.101. The second-order valence-corrected chi connectivity index (χ2v) is 9.57. The zero-order chi connectivity index (χ0) is 22.4. The van der Waals surface area contributed by atoms with Crippen molar-refractivity contribution >= 4 is 34.3 Å². The summed E-state index contributed by atoms with van der Waals surface area (Å²) in [6.07, 6.45) is 4.18. The van der Waals surface area contributed by atoms with Gasteiger partial charge in [0.15, 0.2) is 22.5 Å². The molecule has 2 aliphatic rings. The summed E-state index contributed by atoms with van der Waals surface area (Å²) in [4.78, 5) is 16.2. The first-order valence-corrected chi connectivity index (χ1v) is 11.9. The van der Waals surface area contributed by atoms with Crippen LogP contribution in [0.5, 0.6) is 11.5 Å². The molecule has 6 rings (SSSR count). The van der Waals surface area contributed by atoms with E-state index in [1.165, 1.54) is 11.8 Å². The van der Waals surface area contributed by atoms with Gasteiger partial charge in [-0.15, -0.1) is 10.2 Å². The predicted molar refractivity (Wildman–Crippen MR) is 127 cm³/mol. The van der Waals surface area contributed by atoms with Gasteiger partial charge in [0.2, 0.25) is 5.91 Å². The molecule has 2 N–H and O–H groups in total. The molecule has 1 fully saturated rings. The Bertz CT molecular complexity index is 1340. The maximum absolute atomic E-state index is 12.9. The lowest BCUT2D eigenvalue weighted by molar-refractivity contribution is -0.115. The molecule has 0 radical (unpaired) electrons. The van der Waals surface area contributed by atoms with Crippen molar-refractivity contribution in [3.05, 3.63) is 48.7 Å². The van der Waals surface area contributed by atoms with E-state index in [-0.39, 0.29) is 11.2 Å². The number of aromatic amines is 1. The largest absolute Gasteiger partial charge is 0.486 e. The third kappa shape index (κ3) is 3.82. The van der Waals surface area contributed by atoms with Gasteiger partial charge in [-0.2, -0.15) is 0 Å². The number of anilines is 1. The van der Waals surface area contributed by atoms with Crippen LogP contribution >= 0.6 is 11.8 Å². The highest BCUT2D eigenvalue weighted by molar-refractivity contribution is 8.00. The highest BCUT2D eigenvalue weighted by atomic mass is 32.2. The molecule has 0 saturated heterocycles. The Morgan fingerprint density at radius 3 is 2.82 bits per heavy atom. The SMILES string of the molecule is C[C@@H](Sc1nnc(-c2c[nH]c3ccccc23)n1C1CC1)C(=O)Nc1ccc2c(c1)OCCO2. The average molecular weight is 462 g/mol. The molecule has 33 heavy (non-hydrogen) atoms. The number of amides is 1. The average Bonchev–Trinajstić information content (AvgIpc) is 3.45. The molecule has 1 aliphatic heterocycles. The standard InChI is InChI=1S/C24H23N5O3S/c1-14(23(30)26-15-6-9-20-21(12-15)32-11-10-31-20)33-24-28-27-22(29(24)16-7-8-16)18-13-25-19-5-3-2-4-17(18)19/h2-6,9,12-14,16,25H,7-8,10-11H2,1H3,(H,26,30)/t14-/m1/s1. The van der Waals surface area contributed by atoms with Gasteiger partial charge in [0.05, 0.1) is 5.25 Å². The third-order valence-electron chi connectivity index (χ3n) is 5.87. The van der Waals surface area contributed by atoms with E-state index in [4.69, 9.17) is 9.47 Å². The molecule has 1 aliphatic carbocycles. The van der Waals surface area contributed by atoms with Crippen LogP contribution in [0.15, 0.2) is 53.8 Å². The smallest absolute Gasteiger partial charge is 0.237 e. The first kappa shape index (κ1) is 20.2. The second-order valence-electron chi connectivity index (χ2n) is 8.26. The van der Waals surface area contributed by atoms with E-state index in [9.17, 15) is 4.79 Å². The van der Waals surface area contributed by atoms with E-state index >= 15 is 0 Å². The van der Waals surface area contributed by atoms with Gasteiger partial charge in [0, 0.05) is 40.5 Å². The number of carbonyl (C=O) groups excluding carboxylic acids is 1. The topological polar surface area (TPSA) is 94.1 Å². The van der Waals surface area contributed by atoms with Crippen LogP contribution in [0.3, 0.4) is 0 Å². The Morgan fingerprint density at radius 2 is 1.97 bits per heavy atom. The Morgan fingerprint density at radius 1 is 1.15 bits per heavy atom. The van der Waals surface area contributed by atoms with Crippen LogP contribution in [0.2, 0.25) is 0 Å². The van der Waals surface area contributed by atoms with Crippen molar-refractivity contribution in [3.8, 4) is 22.9 Å². The van der Waals surface area contributed by atoms with Crippen LogP contribution in [0.25, 0.3) is 22.3 Å². The number of thioether (sulfide) groups is 1. The summed E-state index contributed by atoms with van der Waals surface area (Å²) in [5, 5.41) is 13.5. The van der Waals surface area contributed by atoms with Gasteiger partial charge < -0.3 is 19.8 Å². The molecular weight excluding hydrogens is 438 g/mol. The van der Waals surface area contributed by atoms with Crippen LogP contribution in [0.1, 0.15) is 25.8 Å². The van der Waals surface area contributed by atoms with Crippen molar-refractivity contribution in [3.63, 3.8) is 0 Å². The van der Waals surface area contributed by atoms with Crippen molar-refractivity contribution in [1.29, 1.82) is 0 Å². The van der Waals surface area contributed by atoms with Crippen molar-refractivity contribution in [2.45, 2.75) is 36.2 Å². The number of ether oxygens (including phenoxy) is 2. The fraction of sp³-hybridized carbons (Fsp3) is 0.292. The summed E-state index contributed by atoms with van der Waals surface area (Å²) in [5.41, 5.74) is 2.78. The van der Waals surface area contributed by atoms with Crippen molar-refractivity contribution in [1.82, 2.24) is 19.7 Å². The molecule has 0 bridgehead atoms. The molecule has 168 valence electrons. The number of carbonyl (C=O) groups is 1. The lowest BCUT2D eigenvalue weighted by Gasteiger charge is -2.19. The molecule has 1 amide bonds. The van der Waals surface area contributed by atoms with Crippen molar-refractivity contribution in [2.24, 2.45) is 0 Å². The van der Waals surface area contributed by atoms with E-state index in [1.54, 1.807) is 6.07 Å². The van der Waals surface area contributed by atoms with Crippen LogP contribution in [-0.2, 0) is 4.79 Å². The summed E-state index contributed by atoms with van der Waals surface area (Å²) >= 11 is 1.43. The lowest BCUT2D eigenvalue weighted by atomic mass is 10.1. The van der Waals surface area contributed by atoms with Crippen molar-refractivity contribution < 1.29 is 14.3 Å². The number of H-pyrrole nitrogens is 1. The Balaban J connectivity index is 1.23. The highest BCUT2D eigenvalue weighted by Crippen LogP contribution is 2.43. The maximum atomic E-state index is 12.9. The maximum Gasteiger partial charge on any atom is 0.237 e. The first-order chi connectivity index (χ1) is 16.2. The molecule has 2 aromatic heterocycles. The molecular formula is C24H23N5O3S. The second kappa shape index (κ2) is 8.15. The highest BCUT2D eigenvalue weighted by Gasteiger charge is 2.32.